The topological polar surface area (TPSA) is 18.5 Å². The van der Waals surface area contributed by atoms with Gasteiger partial charge >= 0.3 is 0 Å². The molecule has 2 aromatic rings. The molecule has 0 unspecified atom stereocenters. The highest BCUT2D eigenvalue weighted by atomic mass is 35.5. The fraction of sp³-hybridized carbons (Fsp3) is 0.455. The van der Waals surface area contributed by atoms with E-state index in [4.69, 9.17) is 21.1 Å². The number of unbranched alkanes of at least 4 members (excludes halogenated alkanes) is 3. The molecule has 0 radical (unpaired) electrons. The van der Waals surface area contributed by atoms with Crippen LogP contribution in [0.3, 0.4) is 0 Å². The Balaban J connectivity index is 1.92. The van der Waals surface area contributed by atoms with E-state index in [1.165, 1.54) is 24.0 Å². The van der Waals surface area contributed by atoms with Crippen molar-refractivity contribution in [2.75, 3.05) is 12.5 Å². The van der Waals surface area contributed by atoms with Gasteiger partial charge in [-0.05, 0) is 55.0 Å². The average Bonchev–Trinajstić information content (AvgIpc) is 2.64. The first-order chi connectivity index (χ1) is 12.2. The molecule has 0 fully saturated rings. The molecular weight excluding hydrogens is 332 g/mol. The van der Waals surface area contributed by atoms with E-state index in [0.717, 1.165) is 48.8 Å². The Morgan fingerprint density at radius 2 is 1.68 bits per heavy atom. The molecule has 3 heteroatoms. The van der Waals surface area contributed by atoms with Gasteiger partial charge in [-0.25, -0.2) is 0 Å². The summed E-state index contributed by atoms with van der Waals surface area (Å²) in [5.74, 6) is 2.68. The molecule has 0 aliphatic carbocycles. The molecule has 0 aliphatic rings. The Morgan fingerprint density at radius 3 is 2.40 bits per heavy atom. The van der Waals surface area contributed by atoms with Crippen molar-refractivity contribution in [2.24, 2.45) is 0 Å². The van der Waals surface area contributed by atoms with Crippen molar-refractivity contribution < 1.29 is 9.47 Å². The van der Waals surface area contributed by atoms with Crippen molar-refractivity contribution in [3.05, 3.63) is 59.2 Å². The fourth-order valence-electron chi connectivity index (χ4n) is 2.83. The summed E-state index contributed by atoms with van der Waals surface area (Å²) >= 11 is 5.71. The van der Waals surface area contributed by atoms with Gasteiger partial charge in [0.1, 0.15) is 18.1 Å². The van der Waals surface area contributed by atoms with E-state index in [-0.39, 0.29) is 0 Å². The van der Waals surface area contributed by atoms with Crippen LogP contribution in [-0.4, -0.2) is 12.5 Å². The summed E-state index contributed by atoms with van der Waals surface area (Å²) in [7, 11) is 0. The molecule has 2 aromatic carbocycles. The number of rotatable bonds is 11. The number of benzene rings is 2. The van der Waals surface area contributed by atoms with Crippen LogP contribution in [0.15, 0.2) is 42.5 Å². The van der Waals surface area contributed by atoms with Crippen molar-refractivity contribution in [1.82, 2.24) is 0 Å². The fourth-order valence-corrected chi connectivity index (χ4v) is 3.02. The first kappa shape index (κ1) is 19.7. The standard InChI is InChI=1S/C22H29ClO2/c1-3-20-16-21(25-17-19-11-7-6-8-12-19)15-18(2)22(20)24-14-10-5-4-9-13-23/h6-8,11-12,15-16H,3-5,9-10,13-14,17H2,1-2H3. The summed E-state index contributed by atoms with van der Waals surface area (Å²) in [6.07, 6.45) is 5.45. The van der Waals surface area contributed by atoms with Crippen LogP contribution in [0.1, 0.15) is 49.3 Å². The van der Waals surface area contributed by atoms with Crippen molar-refractivity contribution >= 4 is 11.6 Å². The highest BCUT2D eigenvalue weighted by molar-refractivity contribution is 6.17. The normalized spacial score (nSPS) is 10.7. The largest absolute Gasteiger partial charge is 0.493 e. The van der Waals surface area contributed by atoms with Gasteiger partial charge in [0.2, 0.25) is 0 Å². The van der Waals surface area contributed by atoms with E-state index in [0.29, 0.717) is 6.61 Å². The van der Waals surface area contributed by atoms with E-state index >= 15 is 0 Å². The summed E-state index contributed by atoms with van der Waals surface area (Å²) in [5, 5.41) is 0. The maximum Gasteiger partial charge on any atom is 0.125 e. The Morgan fingerprint density at radius 1 is 0.920 bits per heavy atom. The van der Waals surface area contributed by atoms with E-state index < -0.39 is 0 Å². The lowest BCUT2D eigenvalue weighted by Gasteiger charge is -2.16. The minimum atomic E-state index is 0.588. The molecule has 0 saturated heterocycles. The minimum absolute atomic E-state index is 0.588. The van der Waals surface area contributed by atoms with Gasteiger partial charge in [0.25, 0.3) is 0 Å². The van der Waals surface area contributed by atoms with E-state index in [9.17, 15) is 0 Å². The Bertz CT molecular complexity index is 625. The predicted octanol–water partition coefficient (Wildman–Crippen LogP) is 6.31. The summed E-state index contributed by atoms with van der Waals surface area (Å²) < 4.78 is 12.0. The van der Waals surface area contributed by atoms with Crippen LogP contribution in [0.25, 0.3) is 0 Å². The third-order valence-electron chi connectivity index (χ3n) is 4.23. The highest BCUT2D eigenvalue weighted by Crippen LogP contribution is 2.30. The smallest absolute Gasteiger partial charge is 0.125 e. The number of halogens is 1. The Kier molecular flexibility index (Phi) is 8.68. The number of hydrogen-bond donors (Lipinski definition) is 0. The SMILES string of the molecule is CCc1cc(OCc2ccccc2)cc(C)c1OCCCCCCCl. The van der Waals surface area contributed by atoms with E-state index in [1.54, 1.807) is 0 Å². The van der Waals surface area contributed by atoms with Gasteiger partial charge in [0.15, 0.2) is 0 Å². The highest BCUT2D eigenvalue weighted by Gasteiger charge is 2.09. The van der Waals surface area contributed by atoms with Gasteiger partial charge in [-0.2, -0.15) is 0 Å². The number of hydrogen-bond acceptors (Lipinski definition) is 2. The molecular formula is C22H29ClO2. The second-order valence-corrected chi connectivity index (χ2v) is 6.69. The molecule has 0 aliphatic heterocycles. The molecule has 25 heavy (non-hydrogen) atoms. The molecule has 0 spiro atoms. The van der Waals surface area contributed by atoms with Gasteiger partial charge in [0.05, 0.1) is 6.61 Å². The molecule has 0 N–H and O–H groups in total. The van der Waals surface area contributed by atoms with Crippen LogP contribution >= 0.6 is 11.6 Å². The number of ether oxygens (including phenoxy) is 2. The van der Waals surface area contributed by atoms with Crippen LogP contribution in [0.2, 0.25) is 0 Å². The van der Waals surface area contributed by atoms with Crippen LogP contribution in [0.4, 0.5) is 0 Å². The number of aryl methyl sites for hydroxylation is 2. The van der Waals surface area contributed by atoms with E-state index in [2.05, 4.69) is 38.1 Å². The minimum Gasteiger partial charge on any atom is -0.493 e. The van der Waals surface area contributed by atoms with Crippen LogP contribution in [0.5, 0.6) is 11.5 Å². The quantitative estimate of drug-likeness (QED) is 0.345. The molecule has 136 valence electrons. The van der Waals surface area contributed by atoms with Gasteiger partial charge in [-0.1, -0.05) is 50.1 Å². The van der Waals surface area contributed by atoms with Crippen LogP contribution in [0, 0.1) is 6.92 Å². The van der Waals surface area contributed by atoms with Crippen molar-refractivity contribution in [3.8, 4) is 11.5 Å². The first-order valence-electron chi connectivity index (χ1n) is 9.23. The summed E-state index contributed by atoms with van der Waals surface area (Å²) in [4.78, 5) is 0. The molecule has 2 nitrogen and oxygen atoms in total. The predicted molar refractivity (Wildman–Crippen MR) is 106 cm³/mol. The summed E-state index contributed by atoms with van der Waals surface area (Å²) in [6, 6.07) is 14.4. The molecule has 2 rings (SSSR count). The van der Waals surface area contributed by atoms with Gasteiger partial charge in [0, 0.05) is 5.88 Å². The second kappa shape index (κ2) is 11.0. The maximum absolute atomic E-state index is 6.07. The molecule has 0 aromatic heterocycles. The average molecular weight is 361 g/mol. The molecule has 0 amide bonds. The van der Waals surface area contributed by atoms with Crippen molar-refractivity contribution in [3.63, 3.8) is 0 Å². The molecule has 0 saturated carbocycles. The van der Waals surface area contributed by atoms with Crippen molar-refractivity contribution in [1.29, 1.82) is 0 Å². The Hall–Kier alpha value is -1.67. The third-order valence-corrected chi connectivity index (χ3v) is 4.50. The summed E-state index contributed by atoms with van der Waals surface area (Å²) in [6.45, 7) is 5.60. The lowest BCUT2D eigenvalue weighted by Crippen LogP contribution is -2.03. The summed E-state index contributed by atoms with van der Waals surface area (Å²) in [5.41, 5.74) is 3.53. The Labute approximate surface area is 157 Å². The lowest BCUT2D eigenvalue weighted by molar-refractivity contribution is 0.293. The second-order valence-electron chi connectivity index (χ2n) is 6.31. The molecule has 0 atom stereocenters. The zero-order valence-corrected chi connectivity index (χ0v) is 16.1. The first-order valence-corrected chi connectivity index (χ1v) is 9.77. The van der Waals surface area contributed by atoms with Gasteiger partial charge < -0.3 is 9.47 Å². The van der Waals surface area contributed by atoms with E-state index in [1.807, 2.05) is 18.2 Å². The van der Waals surface area contributed by atoms with Gasteiger partial charge in [-0.3, -0.25) is 0 Å². The third kappa shape index (κ3) is 6.62. The van der Waals surface area contributed by atoms with Crippen LogP contribution < -0.4 is 9.47 Å². The maximum atomic E-state index is 6.07. The lowest BCUT2D eigenvalue weighted by atomic mass is 10.1. The molecule has 0 heterocycles. The van der Waals surface area contributed by atoms with Crippen LogP contribution in [-0.2, 0) is 13.0 Å². The number of alkyl halides is 1. The van der Waals surface area contributed by atoms with Crippen molar-refractivity contribution in [2.45, 2.75) is 52.6 Å². The molecule has 0 bridgehead atoms. The monoisotopic (exact) mass is 360 g/mol. The zero-order valence-electron chi connectivity index (χ0n) is 15.4. The zero-order chi connectivity index (χ0) is 17.9. The van der Waals surface area contributed by atoms with Gasteiger partial charge in [-0.15, -0.1) is 11.6 Å².